The van der Waals surface area contributed by atoms with Crippen molar-refractivity contribution in [3.63, 3.8) is 0 Å². The Hall–Kier alpha value is -1.51. The highest BCUT2D eigenvalue weighted by Crippen LogP contribution is 2.33. The Morgan fingerprint density at radius 3 is 2.55 bits per heavy atom. The smallest absolute Gasteiger partial charge is 0.480 e. The van der Waals surface area contributed by atoms with Crippen LogP contribution in [0.1, 0.15) is 22.8 Å². The number of esters is 1. The van der Waals surface area contributed by atoms with Gasteiger partial charge in [-0.2, -0.15) is 0 Å². The van der Waals surface area contributed by atoms with Crippen LogP contribution in [0, 0.1) is 0 Å². The molecule has 0 aliphatic rings. The van der Waals surface area contributed by atoms with Crippen LogP contribution in [-0.4, -0.2) is 31.0 Å². The molecule has 0 N–H and O–H groups in total. The lowest BCUT2D eigenvalue weighted by Crippen LogP contribution is -2.20. The highest BCUT2D eigenvalue weighted by molar-refractivity contribution is 9.08. The van der Waals surface area contributed by atoms with Crippen molar-refractivity contribution in [2.75, 3.05) is 13.7 Å². The van der Waals surface area contributed by atoms with Gasteiger partial charge in [0, 0.05) is 10.9 Å². The highest BCUT2D eigenvalue weighted by Gasteiger charge is 2.34. The summed E-state index contributed by atoms with van der Waals surface area (Å²) < 4.78 is 50.4. The molecule has 0 saturated carbocycles. The summed E-state index contributed by atoms with van der Waals surface area (Å²) in [6.45, 7) is 1.63. The molecule has 0 amide bonds. The molecule has 9 heteroatoms. The van der Waals surface area contributed by atoms with Crippen LogP contribution in [0.15, 0.2) is 6.20 Å². The molecular weight excluding hydrogens is 347 g/mol. The summed E-state index contributed by atoms with van der Waals surface area (Å²) >= 11 is 3.01. The number of hydrogen-bond acceptors (Lipinski definition) is 5. The van der Waals surface area contributed by atoms with Crippen LogP contribution in [0.25, 0.3) is 0 Å². The van der Waals surface area contributed by atoms with Gasteiger partial charge in [0.05, 0.1) is 19.9 Å². The summed E-state index contributed by atoms with van der Waals surface area (Å²) in [6.07, 6.45) is -4.05. The molecule has 0 radical (unpaired) electrons. The number of nitrogens with zero attached hydrogens (tertiary/aromatic N) is 1. The number of methoxy groups -OCH3 is 1. The molecule has 1 rings (SSSR count). The normalized spacial score (nSPS) is 11.1. The maximum Gasteiger partial charge on any atom is 0.573 e. The predicted molar refractivity (Wildman–Crippen MR) is 66.1 cm³/mol. The van der Waals surface area contributed by atoms with E-state index in [1.165, 1.54) is 7.11 Å². The second-order valence-corrected chi connectivity index (χ2v) is 3.95. The van der Waals surface area contributed by atoms with E-state index in [1.54, 1.807) is 6.92 Å². The predicted octanol–water partition coefficient (Wildman–Crippen LogP) is 3.06. The monoisotopic (exact) mass is 357 g/mol. The second kappa shape index (κ2) is 6.78. The summed E-state index contributed by atoms with van der Waals surface area (Å²) in [5.41, 5.74) is -0.249. The number of aromatic nitrogens is 1. The molecule has 0 aliphatic heterocycles. The van der Waals surface area contributed by atoms with Crippen molar-refractivity contribution in [2.24, 2.45) is 0 Å². The van der Waals surface area contributed by atoms with Gasteiger partial charge in [0.15, 0.2) is 5.75 Å². The zero-order valence-corrected chi connectivity index (χ0v) is 12.2. The molecule has 1 aromatic rings. The minimum atomic E-state index is -4.89. The Morgan fingerprint density at radius 1 is 1.45 bits per heavy atom. The lowest BCUT2D eigenvalue weighted by molar-refractivity contribution is -0.275. The van der Waals surface area contributed by atoms with Crippen molar-refractivity contribution >= 4 is 21.9 Å². The van der Waals surface area contributed by atoms with Gasteiger partial charge >= 0.3 is 12.3 Å². The van der Waals surface area contributed by atoms with E-state index in [0.29, 0.717) is 0 Å². The van der Waals surface area contributed by atoms with Crippen molar-refractivity contribution in [1.29, 1.82) is 0 Å². The van der Waals surface area contributed by atoms with Gasteiger partial charge < -0.3 is 14.2 Å². The second-order valence-electron chi connectivity index (χ2n) is 3.39. The molecule has 0 aromatic carbocycles. The van der Waals surface area contributed by atoms with Gasteiger partial charge in [-0.3, -0.25) is 0 Å². The van der Waals surface area contributed by atoms with Gasteiger partial charge in [-0.1, -0.05) is 15.9 Å². The first kappa shape index (κ1) is 16.5. The standard InChI is InChI=1S/C11H11BrF3NO4/c1-3-19-10(17)8-6(4-12)7(20-11(13,14)15)5-16-9(8)18-2/h5H,3-4H2,1-2H3. The molecule has 0 bridgehead atoms. The van der Waals surface area contributed by atoms with Crippen molar-refractivity contribution in [2.45, 2.75) is 18.6 Å². The lowest BCUT2D eigenvalue weighted by atomic mass is 10.1. The quantitative estimate of drug-likeness (QED) is 0.598. The van der Waals surface area contributed by atoms with Crippen LogP contribution >= 0.6 is 15.9 Å². The van der Waals surface area contributed by atoms with Crippen LogP contribution in [0.3, 0.4) is 0 Å². The maximum atomic E-state index is 12.3. The first-order valence-electron chi connectivity index (χ1n) is 5.38. The van der Waals surface area contributed by atoms with Crippen LogP contribution in [0.2, 0.25) is 0 Å². The van der Waals surface area contributed by atoms with E-state index in [9.17, 15) is 18.0 Å². The maximum absolute atomic E-state index is 12.3. The average Bonchev–Trinajstić information content (AvgIpc) is 2.36. The Morgan fingerprint density at radius 2 is 2.10 bits per heavy atom. The average molecular weight is 358 g/mol. The zero-order valence-electron chi connectivity index (χ0n) is 10.6. The molecule has 0 aliphatic carbocycles. The SMILES string of the molecule is CCOC(=O)c1c(OC)ncc(OC(F)(F)F)c1CBr. The van der Waals surface area contributed by atoms with E-state index in [1.807, 2.05) is 0 Å². The van der Waals surface area contributed by atoms with E-state index in [2.05, 4.69) is 25.7 Å². The molecule has 5 nitrogen and oxygen atoms in total. The van der Waals surface area contributed by atoms with E-state index in [4.69, 9.17) is 9.47 Å². The van der Waals surface area contributed by atoms with Crippen molar-refractivity contribution < 1.29 is 32.2 Å². The van der Waals surface area contributed by atoms with Crippen LogP contribution in [0.5, 0.6) is 11.6 Å². The first-order valence-corrected chi connectivity index (χ1v) is 6.50. The molecule has 1 aromatic heterocycles. The number of ether oxygens (including phenoxy) is 3. The van der Waals surface area contributed by atoms with Gasteiger partial charge in [0.2, 0.25) is 5.88 Å². The van der Waals surface area contributed by atoms with Crippen LogP contribution in [-0.2, 0) is 10.1 Å². The summed E-state index contributed by atoms with van der Waals surface area (Å²) in [6, 6.07) is 0. The summed E-state index contributed by atoms with van der Waals surface area (Å²) in [5.74, 6) is -1.55. The molecule has 0 atom stereocenters. The third-order valence-corrected chi connectivity index (χ3v) is 2.71. The number of alkyl halides is 4. The van der Waals surface area contributed by atoms with E-state index in [-0.39, 0.29) is 28.9 Å². The summed E-state index contributed by atoms with van der Waals surface area (Å²) in [7, 11) is 1.24. The molecule has 1 heterocycles. The Labute approximate surface area is 121 Å². The highest BCUT2D eigenvalue weighted by atomic mass is 79.9. The molecule has 0 saturated heterocycles. The third kappa shape index (κ3) is 3.99. The molecule has 20 heavy (non-hydrogen) atoms. The molecule has 0 unspecified atom stereocenters. The van der Waals surface area contributed by atoms with Gasteiger partial charge in [0.25, 0.3) is 0 Å². The molecule has 112 valence electrons. The number of hydrogen-bond donors (Lipinski definition) is 0. The zero-order chi connectivity index (χ0) is 15.3. The van der Waals surface area contributed by atoms with Gasteiger partial charge in [-0.25, -0.2) is 9.78 Å². The summed E-state index contributed by atoms with van der Waals surface area (Å²) in [4.78, 5) is 15.4. The van der Waals surface area contributed by atoms with E-state index < -0.39 is 18.1 Å². The fourth-order valence-corrected chi connectivity index (χ4v) is 1.98. The fourth-order valence-electron chi connectivity index (χ4n) is 1.43. The van der Waals surface area contributed by atoms with Gasteiger partial charge in [0.1, 0.15) is 5.56 Å². The largest absolute Gasteiger partial charge is 0.573 e. The van der Waals surface area contributed by atoms with Gasteiger partial charge in [-0.15, -0.1) is 13.2 Å². The lowest BCUT2D eigenvalue weighted by Gasteiger charge is -2.16. The minimum Gasteiger partial charge on any atom is -0.480 e. The third-order valence-electron chi connectivity index (χ3n) is 2.14. The number of carbonyl (C=O) groups is 1. The molecule has 0 fully saturated rings. The number of pyridine rings is 1. The van der Waals surface area contributed by atoms with Gasteiger partial charge in [-0.05, 0) is 6.92 Å². The minimum absolute atomic E-state index is 0.0485. The summed E-state index contributed by atoms with van der Waals surface area (Å²) in [5, 5.41) is -0.0640. The first-order chi connectivity index (χ1) is 9.34. The topological polar surface area (TPSA) is 57.7 Å². The number of rotatable bonds is 5. The van der Waals surface area contributed by atoms with Crippen LogP contribution in [0.4, 0.5) is 13.2 Å². The molecule has 0 spiro atoms. The Balaban J connectivity index is 3.36. The van der Waals surface area contributed by atoms with E-state index in [0.717, 1.165) is 6.20 Å². The number of halogens is 4. The van der Waals surface area contributed by atoms with Crippen molar-refractivity contribution in [1.82, 2.24) is 4.98 Å². The molecular formula is C11H11BrF3NO4. The van der Waals surface area contributed by atoms with Crippen LogP contribution < -0.4 is 9.47 Å². The van der Waals surface area contributed by atoms with Crippen molar-refractivity contribution in [3.05, 3.63) is 17.3 Å². The van der Waals surface area contributed by atoms with Crippen molar-refractivity contribution in [3.8, 4) is 11.6 Å². The number of carbonyl (C=O) groups excluding carboxylic acids is 1. The Bertz CT molecular complexity index is 493. The van der Waals surface area contributed by atoms with E-state index >= 15 is 0 Å². The fraction of sp³-hybridized carbons (Fsp3) is 0.455. The Kier molecular flexibility index (Phi) is 5.61.